The highest BCUT2D eigenvalue weighted by Crippen LogP contribution is 2.21. The van der Waals surface area contributed by atoms with Crippen molar-refractivity contribution in [2.45, 2.75) is 26.4 Å². The Morgan fingerprint density at radius 1 is 0.963 bits per heavy atom. The smallest absolute Gasteiger partial charge is 0.159 e. The van der Waals surface area contributed by atoms with E-state index in [0.717, 1.165) is 40.1 Å². The lowest BCUT2D eigenvalue weighted by Gasteiger charge is -2.17. The van der Waals surface area contributed by atoms with Gasteiger partial charge in [-0.05, 0) is 37.6 Å². The lowest BCUT2D eigenvalue weighted by Crippen LogP contribution is -2.20. The topological polar surface area (TPSA) is 63.6 Å². The van der Waals surface area contributed by atoms with Gasteiger partial charge < -0.3 is 5.32 Å². The maximum atomic E-state index is 4.68. The number of fused-ring (bicyclic) bond motifs is 1. The maximum absolute atomic E-state index is 4.68. The molecule has 0 spiro atoms. The first-order chi connectivity index (χ1) is 13.2. The van der Waals surface area contributed by atoms with Crippen LogP contribution >= 0.6 is 0 Å². The SMILES string of the molecule is Cc1nc(-c2ccncc2)ncc1C(C)NCc1cccc2cccnc12. The summed E-state index contributed by atoms with van der Waals surface area (Å²) >= 11 is 0. The first-order valence-electron chi connectivity index (χ1n) is 9.02. The van der Waals surface area contributed by atoms with Gasteiger partial charge in [0, 0.05) is 59.6 Å². The van der Waals surface area contributed by atoms with Crippen molar-refractivity contribution in [2.24, 2.45) is 0 Å². The molecule has 1 atom stereocenters. The fraction of sp³-hybridized carbons (Fsp3) is 0.182. The average molecular weight is 355 g/mol. The van der Waals surface area contributed by atoms with E-state index in [-0.39, 0.29) is 6.04 Å². The van der Waals surface area contributed by atoms with Crippen LogP contribution in [0.5, 0.6) is 0 Å². The number of hydrogen-bond donors (Lipinski definition) is 1. The Morgan fingerprint density at radius 2 is 1.78 bits per heavy atom. The van der Waals surface area contributed by atoms with Gasteiger partial charge >= 0.3 is 0 Å². The molecule has 0 radical (unpaired) electrons. The summed E-state index contributed by atoms with van der Waals surface area (Å²) < 4.78 is 0. The lowest BCUT2D eigenvalue weighted by molar-refractivity contribution is 0.569. The van der Waals surface area contributed by atoms with Crippen molar-refractivity contribution in [1.82, 2.24) is 25.3 Å². The van der Waals surface area contributed by atoms with E-state index in [4.69, 9.17) is 0 Å². The predicted octanol–water partition coefficient (Wildman–Crippen LogP) is 4.25. The summed E-state index contributed by atoms with van der Waals surface area (Å²) in [7, 11) is 0. The highest BCUT2D eigenvalue weighted by molar-refractivity contribution is 5.81. The molecule has 1 N–H and O–H groups in total. The van der Waals surface area contributed by atoms with Crippen molar-refractivity contribution < 1.29 is 0 Å². The predicted molar refractivity (Wildman–Crippen MR) is 107 cm³/mol. The van der Waals surface area contributed by atoms with Gasteiger partial charge in [-0.1, -0.05) is 24.3 Å². The summed E-state index contributed by atoms with van der Waals surface area (Å²) in [5.41, 5.74) is 5.28. The highest BCUT2D eigenvalue weighted by Gasteiger charge is 2.12. The zero-order valence-electron chi connectivity index (χ0n) is 15.4. The van der Waals surface area contributed by atoms with Crippen molar-refractivity contribution in [3.8, 4) is 11.4 Å². The Labute approximate surface area is 158 Å². The van der Waals surface area contributed by atoms with E-state index in [9.17, 15) is 0 Å². The number of hydrogen-bond acceptors (Lipinski definition) is 5. The number of nitrogens with zero attached hydrogens (tertiary/aromatic N) is 4. The Morgan fingerprint density at radius 3 is 2.59 bits per heavy atom. The molecule has 0 saturated carbocycles. The van der Waals surface area contributed by atoms with E-state index in [1.54, 1.807) is 12.4 Å². The van der Waals surface area contributed by atoms with Crippen LogP contribution in [0.2, 0.25) is 0 Å². The van der Waals surface area contributed by atoms with Crippen LogP contribution in [-0.4, -0.2) is 19.9 Å². The molecule has 3 heterocycles. The molecule has 1 unspecified atom stereocenters. The third-order valence-electron chi connectivity index (χ3n) is 4.74. The molecule has 4 aromatic rings. The second-order valence-electron chi connectivity index (χ2n) is 6.57. The summed E-state index contributed by atoms with van der Waals surface area (Å²) in [6.07, 6.45) is 7.26. The highest BCUT2D eigenvalue weighted by atomic mass is 14.9. The summed E-state index contributed by atoms with van der Waals surface area (Å²) in [4.78, 5) is 17.8. The number of benzene rings is 1. The number of pyridine rings is 2. The zero-order chi connectivity index (χ0) is 18.6. The van der Waals surface area contributed by atoms with E-state index in [1.807, 2.05) is 37.5 Å². The monoisotopic (exact) mass is 355 g/mol. The quantitative estimate of drug-likeness (QED) is 0.580. The van der Waals surface area contributed by atoms with Gasteiger partial charge in [0.1, 0.15) is 0 Å². The molecule has 1 aromatic carbocycles. The van der Waals surface area contributed by atoms with Gasteiger partial charge in [-0.15, -0.1) is 0 Å². The summed E-state index contributed by atoms with van der Waals surface area (Å²) in [5, 5.41) is 4.74. The molecular weight excluding hydrogens is 334 g/mol. The largest absolute Gasteiger partial charge is 0.306 e. The summed E-state index contributed by atoms with van der Waals surface area (Å²) in [6.45, 7) is 4.90. The Bertz CT molecular complexity index is 1060. The van der Waals surface area contributed by atoms with Crippen molar-refractivity contribution in [2.75, 3.05) is 0 Å². The van der Waals surface area contributed by atoms with Gasteiger partial charge in [0.2, 0.25) is 0 Å². The third-order valence-corrected chi connectivity index (χ3v) is 4.74. The lowest BCUT2D eigenvalue weighted by atomic mass is 10.1. The molecule has 3 aromatic heterocycles. The van der Waals surface area contributed by atoms with Gasteiger partial charge in [0.25, 0.3) is 0 Å². The molecule has 4 rings (SSSR count). The van der Waals surface area contributed by atoms with Gasteiger partial charge in [-0.2, -0.15) is 0 Å². The van der Waals surface area contributed by atoms with Gasteiger partial charge in [-0.3, -0.25) is 9.97 Å². The Hall–Kier alpha value is -3.18. The van der Waals surface area contributed by atoms with Crippen LogP contribution in [0.3, 0.4) is 0 Å². The number of nitrogens with one attached hydrogen (secondary N) is 1. The Balaban J connectivity index is 1.52. The normalized spacial score (nSPS) is 12.2. The summed E-state index contributed by atoms with van der Waals surface area (Å²) in [5.74, 6) is 0.726. The number of aryl methyl sites for hydroxylation is 1. The van der Waals surface area contributed by atoms with E-state index in [1.165, 1.54) is 5.56 Å². The van der Waals surface area contributed by atoms with Crippen LogP contribution in [0.4, 0.5) is 0 Å². The molecule has 27 heavy (non-hydrogen) atoms. The fourth-order valence-electron chi connectivity index (χ4n) is 3.22. The fourth-order valence-corrected chi connectivity index (χ4v) is 3.22. The molecule has 0 aliphatic carbocycles. The van der Waals surface area contributed by atoms with Crippen LogP contribution in [0.15, 0.2) is 67.3 Å². The molecule has 5 nitrogen and oxygen atoms in total. The van der Waals surface area contributed by atoms with Crippen molar-refractivity contribution in [3.05, 3.63) is 84.1 Å². The van der Waals surface area contributed by atoms with E-state index in [2.05, 4.69) is 56.4 Å². The minimum Gasteiger partial charge on any atom is -0.306 e. The minimum absolute atomic E-state index is 0.135. The number of aromatic nitrogens is 4. The molecule has 0 amide bonds. The van der Waals surface area contributed by atoms with E-state index < -0.39 is 0 Å². The van der Waals surface area contributed by atoms with Crippen molar-refractivity contribution in [3.63, 3.8) is 0 Å². The van der Waals surface area contributed by atoms with Crippen LogP contribution in [0.25, 0.3) is 22.3 Å². The molecule has 0 fully saturated rings. The van der Waals surface area contributed by atoms with Gasteiger partial charge in [0.15, 0.2) is 5.82 Å². The minimum atomic E-state index is 0.135. The number of rotatable bonds is 5. The van der Waals surface area contributed by atoms with E-state index in [0.29, 0.717) is 0 Å². The van der Waals surface area contributed by atoms with Gasteiger partial charge in [0.05, 0.1) is 5.52 Å². The van der Waals surface area contributed by atoms with Crippen molar-refractivity contribution >= 4 is 10.9 Å². The van der Waals surface area contributed by atoms with Crippen molar-refractivity contribution in [1.29, 1.82) is 0 Å². The van der Waals surface area contributed by atoms with Crippen LogP contribution < -0.4 is 5.32 Å². The van der Waals surface area contributed by atoms with Gasteiger partial charge in [-0.25, -0.2) is 9.97 Å². The third kappa shape index (κ3) is 3.68. The molecule has 0 saturated heterocycles. The van der Waals surface area contributed by atoms with Crippen LogP contribution in [0.1, 0.15) is 29.8 Å². The summed E-state index contributed by atoms with van der Waals surface area (Å²) in [6, 6.07) is 14.3. The standard InChI is InChI=1S/C22H21N5/c1-15(25-13-19-6-3-5-17-7-4-10-24-21(17)19)20-14-26-22(27-16(20)2)18-8-11-23-12-9-18/h3-12,14-15,25H,13H2,1-2H3. The second-order valence-corrected chi connectivity index (χ2v) is 6.57. The molecule has 5 heteroatoms. The molecule has 0 bridgehead atoms. The number of para-hydroxylation sites is 1. The molecule has 0 aliphatic heterocycles. The zero-order valence-corrected chi connectivity index (χ0v) is 15.4. The van der Waals surface area contributed by atoms with Crippen LogP contribution in [0, 0.1) is 6.92 Å². The maximum Gasteiger partial charge on any atom is 0.159 e. The Kier molecular flexibility index (Phi) is 4.85. The van der Waals surface area contributed by atoms with Crippen LogP contribution in [-0.2, 0) is 6.54 Å². The molecule has 0 aliphatic rings. The average Bonchev–Trinajstić information content (AvgIpc) is 2.72. The molecule has 134 valence electrons. The first-order valence-corrected chi connectivity index (χ1v) is 9.02. The first kappa shape index (κ1) is 17.2. The second kappa shape index (κ2) is 7.60. The van der Waals surface area contributed by atoms with E-state index >= 15 is 0 Å². The molecular formula is C22H21N5.